The third kappa shape index (κ3) is 2.37. The largest absolute Gasteiger partial charge is 0.293 e. The third-order valence-electron chi connectivity index (χ3n) is 3.32. The summed E-state index contributed by atoms with van der Waals surface area (Å²) in [5.41, 5.74) is 0.371. The minimum absolute atomic E-state index is 0.125. The number of nitro benzene ring substituents is 1. The van der Waals surface area contributed by atoms with Gasteiger partial charge in [0, 0.05) is 9.64 Å². The maximum atomic E-state index is 12.8. The van der Waals surface area contributed by atoms with Crippen LogP contribution in [0.3, 0.4) is 0 Å². The topological polar surface area (TPSA) is 78.0 Å². The van der Waals surface area contributed by atoms with Crippen LogP contribution in [0, 0.1) is 20.6 Å². The van der Waals surface area contributed by atoms with E-state index in [-0.39, 0.29) is 16.9 Å². The second-order valence-corrected chi connectivity index (χ2v) is 5.95. The lowest BCUT2D eigenvalue weighted by Crippen LogP contribution is -2.23. The molecule has 0 bridgehead atoms. The molecule has 0 amide bonds. The highest BCUT2D eigenvalue weighted by atomic mass is 127. The lowest BCUT2D eigenvalue weighted by Gasteiger charge is -2.11. The second kappa shape index (κ2) is 5.48. The van der Waals surface area contributed by atoms with Crippen molar-refractivity contribution in [2.75, 3.05) is 0 Å². The molecule has 0 saturated carbocycles. The first-order chi connectivity index (χ1) is 10.5. The van der Waals surface area contributed by atoms with Gasteiger partial charge in [-0.15, -0.1) is 0 Å². The number of rotatable bonds is 2. The van der Waals surface area contributed by atoms with Crippen LogP contribution in [0.2, 0.25) is 0 Å². The number of nitrogens with zero attached hydrogens (tertiary/aromatic N) is 3. The van der Waals surface area contributed by atoms with Gasteiger partial charge in [0.2, 0.25) is 0 Å². The fourth-order valence-corrected chi connectivity index (χ4v) is 2.85. The van der Waals surface area contributed by atoms with Crippen LogP contribution in [0.4, 0.5) is 5.69 Å². The Morgan fingerprint density at radius 1 is 1.23 bits per heavy atom. The van der Waals surface area contributed by atoms with Gasteiger partial charge in [-0.2, -0.15) is 0 Å². The van der Waals surface area contributed by atoms with Gasteiger partial charge in [0.15, 0.2) is 0 Å². The van der Waals surface area contributed by atoms with E-state index in [4.69, 9.17) is 0 Å². The van der Waals surface area contributed by atoms with Crippen molar-refractivity contribution in [1.29, 1.82) is 0 Å². The fraction of sp³-hybridized carbons (Fsp3) is 0.0667. The molecule has 0 atom stereocenters. The van der Waals surface area contributed by atoms with Crippen molar-refractivity contribution in [3.8, 4) is 5.69 Å². The van der Waals surface area contributed by atoms with Crippen molar-refractivity contribution >= 4 is 39.2 Å². The average molecular weight is 407 g/mol. The van der Waals surface area contributed by atoms with E-state index in [9.17, 15) is 14.9 Å². The summed E-state index contributed by atoms with van der Waals surface area (Å²) in [7, 11) is 0. The second-order valence-electron chi connectivity index (χ2n) is 4.71. The zero-order chi connectivity index (χ0) is 15.9. The zero-order valence-electron chi connectivity index (χ0n) is 11.5. The van der Waals surface area contributed by atoms with Crippen molar-refractivity contribution in [3.05, 3.63) is 72.3 Å². The first-order valence-electron chi connectivity index (χ1n) is 6.42. The molecule has 7 heteroatoms. The maximum absolute atomic E-state index is 12.8. The van der Waals surface area contributed by atoms with Gasteiger partial charge in [0.1, 0.15) is 11.5 Å². The van der Waals surface area contributed by atoms with Crippen LogP contribution in [0.25, 0.3) is 16.6 Å². The molecule has 0 N–H and O–H groups in total. The van der Waals surface area contributed by atoms with Crippen LogP contribution in [0.15, 0.2) is 47.3 Å². The summed E-state index contributed by atoms with van der Waals surface area (Å²) in [6.45, 7) is 1.66. The summed E-state index contributed by atoms with van der Waals surface area (Å²) >= 11 is 2.11. The van der Waals surface area contributed by atoms with E-state index < -0.39 is 4.92 Å². The molecule has 0 aliphatic carbocycles. The molecule has 0 aliphatic rings. The SMILES string of the molecule is Cc1nc2ccc(I)cc2c(=O)n1-c1ccccc1[N+](=O)[O-]. The van der Waals surface area contributed by atoms with E-state index in [0.717, 1.165) is 3.57 Å². The molecule has 3 aromatic rings. The molecular weight excluding hydrogens is 397 g/mol. The van der Waals surface area contributed by atoms with E-state index in [2.05, 4.69) is 27.6 Å². The highest BCUT2D eigenvalue weighted by Crippen LogP contribution is 2.23. The number of aromatic nitrogens is 2. The van der Waals surface area contributed by atoms with Crippen molar-refractivity contribution in [2.45, 2.75) is 6.92 Å². The molecule has 0 unspecified atom stereocenters. The monoisotopic (exact) mass is 407 g/mol. The minimum Gasteiger partial charge on any atom is -0.268 e. The van der Waals surface area contributed by atoms with E-state index in [1.807, 2.05) is 6.07 Å². The number of hydrogen-bond acceptors (Lipinski definition) is 4. The van der Waals surface area contributed by atoms with Gasteiger partial charge >= 0.3 is 0 Å². The Kier molecular flexibility index (Phi) is 3.65. The summed E-state index contributed by atoms with van der Waals surface area (Å²) in [5.74, 6) is 0.410. The molecule has 0 saturated heterocycles. The lowest BCUT2D eigenvalue weighted by molar-refractivity contribution is -0.384. The Balaban J connectivity index is 2.42. The number of benzene rings is 2. The fourth-order valence-electron chi connectivity index (χ4n) is 2.36. The van der Waals surface area contributed by atoms with Crippen molar-refractivity contribution in [3.63, 3.8) is 0 Å². The Morgan fingerprint density at radius 3 is 2.68 bits per heavy atom. The van der Waals surface area contributed by atoms with E-state index in [0.29, 0.717) is 16.7 Å². The van der Waals surface area contributed by atoms with Gasteiger partial charge in [-0.1, -0.05) is 12.1 Å². The number of fused-ring (bicyclic) bond motifs is 1. The first-order valence-corrected chi connectivity index (χ1v) is 7.49. The molecule has 6 nitrogen and oxygen atoms in total. The smallest absolute Gasteiger partial charge is 0.268 e. The van der Waals surface area contributed by atoms with Crippen LogP contribution in [-0.4, -0.2) is 14.5 Å². The lowest BCUT2D eigenvalue weighted by atomic mass is 10.2. The van der Waals surface area contributed by atoms with Crippen LogP contribution < -0.4 is 5.56 Å². The predicted octanol–water partition coefficient (Wildman–Crippen LogP) is 3.21. The van der Waals surface area contributed by atoms with Crippen LogP contribution in [0.5, 0.6) is 0 Å². The molecule has 1 aromatic heterocycles. The molecule has 2 aromatic carbocycles. The van der Waals surface area contributed by atoms with Crippen LogP contribution >= 0.6 is 22.6 Å². The van der Waals surface area contributed by atoms with Gasteiger partial charge in [-0.25, -0.2) is 4.98 Å². The van der Waals surface area contributed by atoms with Crippen LogP contribution in [-0.2, 0) is 0 Å². The average Bonchev–Trinajstić information content (AvgIpc) is 2.48. The van der Waals surface area contributed by atoms with E-state index in [1.54, 1.807) is 37.3 Å². The Morgan fingerprint density at radius 2 is 1.95 bits per heavy atom. The normalized spacial score (nSPS) is 10.8. The number of halogens is 1. The van der Waals surface area contributed by atoms with Crippen LogP contribution in [0.1, 0.15) is 5.82 Å². The van der Waals surface area contributed by atoms with Crippen molar-refractivity contribution < 1.29 is 4.92 Å². The molecule has 1 heterocycles. The predicted molar refractivity (Wildman–Crippen MR) is 91.4 cm³/mol. The molecule has 110 valence electrons. The van der Waals surface area contributed by atoms with Gasteiger partial charge < -0.3 is 0 Å². The number of hydrogen-bond donors (Lipinski definition) is 0. The van der Waals surface area contributed by atoms with E-state index >= 15 is 0 Å². The maximum Gasteiger partial charge on any atom is 0.293 e. The molecular formula is C15H10IN3O3. The third-order valence-corrected chi connectivity index (χ3v) is 3.99. The Hall–Kier alpha value is -2.29. The Labute approximate surface area is 138 Å². The van der Waals surface area contributed by atoms with Gasteiger partial charge in [0.25, 0.3) is 11.2 Å². The highest BCUT2D eigenvalue weighted by molar-refractivity contribution is 14.1. The first kappa shape index (κ1) is 14.6. The standard InChI is InChI=1S/C15H10IN3O3/c1-9-17-12-7-6-10(16)8-11(12)15(20)18(9)13-4-2-3-5-14(13)19(21)22/h2-8H,1H3. The number of nitro groups is 1. The minimum atomic E-state index is -0.500. The molecule has 0 fully saturated rings. The number of aryl methyl sites for hydroxylation is 1. The highest BCUT2D eigenvalue weighted by Gasteiger charge is 2.18. The quantitative estimate of drug-likeness (QED) is 0.371. The molecule has 22 heavy (non-hydrogen) atoms. The molecule has 0 aliphatic heterocycles. The molecule has 0 spiro atoms. The Bertz CT molecular complexity index is 966. The van der Waals surface area contributed by atoms with E-state index in [1.165, 1.54) is 10.6 Å². The summed E-state index contributed by atoms with van der Waals surface area (Å²) in [6.07, 6.45) is 0. The van der Waals surface area contributed by atoms with Crippen molar-refractivity contribution in [2.24, 2.45) is 0 Å². The van der Waals surface area contributed by atoms with Gasteiger partial charge in [-0.3, -0.25) is 19.5 Å². The van der Waals surface area contributed by atoms with Gasteiger partial charge in [0.05, 0.1) is 15.8 Å². The summed E-state index contributed by atoms with van der Waals surface area (Å²) in [4.78, 5) is 27.9. The van der Waals surface area contributed by atoms with Crippen molar-refractivity contribution in [1.82, 2.24) is 9.55 Å². The summed E-state index contributed by atoms with van der Waals surface area (Å²) in [6, 6.07) is 11.5. The number of para-hydroxylation sites is 2. The molecule has 3 rings (SSSR count). The summed E-state index contributed by atoms with van der Waals surface area (Å²) < 4.78 is 2.19. The molecule has 0 radical (unpaired) electrons. The summed E-state index contributed by atoms with van der Waals surface area (Å²) in [5, 5.41) is 11.6. The zero-order valence-corrected chi connectivity index (χ0v) is 13.6. The van der Waals surface area contributed by atoms with Gasteiger partial charge in [-0.05, 0) is 53.8 Å².